The van der Waals surface area contributed by atoms with Crippen LogP contribution >= 0.6 is 0 Å². The standard InChI is InChI=1S/C18H28O3/c1-5-7-8-9-10-11-12-14(3)15-13-21-16(6-2)17(15)18(19)20-4/h11-12,16H,3,5-10,13H2,1-2,4H3/b12-11+. The van der Waals surface area contributed by atoms with Crippen LogP contribution in [0.1, 0.15) is 52.4 Å². The second-order valence-corrected chi connectivity index (χ2v) is 5.37. The monoisotopic (exact) mass is 292 g/mol. The van der Waals surface area contributed by atoms with Gasteiger partial charge in [-0.3, -0.25) is 0 Å². The Bertz CT molecular complexity index is 418. The highest BCUT2D eigenvalue weighted by atomic mass is 16.5. The number of unbranched alkanes of at least 4 members (excludes halogenated alkanes) is 4. The van der Waals surface area contributed by atoms with Gasteiger partial charge in [-0.15, -0.1) is 0 Å². The molecular formula is C18H28O3. The molecule has 0 N–H and O–H groups in total. The zero-order valence-corrected chi connectivity index (χ0v) is 13.6. The molecule has 0 saturated heterocycles. The van der Waals surface area contributed by atoms with Crippen molar-refractivity contribution in [3.8, 4) is 0 Å². The normalized spacial score (nSPS) is 18.5. The molecule has 1 unspecified atom stereocenters. The van der Waals surface area contributed by atoms with Gasteiger partial charge in [-0.05, 0) is 30.4 Å². The fourth-order valence-electron chi connectivity index (χ4n) is 2.51. The van der Waals surface area contributed by atoms with Gasteiger partial charge in [0.2, 0.25) is 0 Å². The second-order valence-electron chi connectivity index (χ2n) is 5.37. The van der Waals surface area contributed by atoms with Gasteiger partial charge in [-0.25, -0.2) is 4.79 Å². The SMILES string of the molecule is C=C(/C=C/CCCCCC)C1=C(C(=O)OC)C(CC)OC1. The smallest absolute Gasteiger partial charge is 0.336 e. The second kappa shape index (κ2) is 9.56. The van der Waals surface area contributed by atoms with E-state index in [4.69, 9.17) is 9.47 Å². The van der Waals surface area contributed by atoms with Crippen LogP contribution in [0.3, 0.4) is 0 Å². The minimum Gasteiger partial charge on any atom is -0.466 e. The molecule has 0 spiro atoms. The summed E-state index contributed by atoms with van der Waals surface area (Å²) in [5.41, 5.74) is 2.39. The Morgan fingerprint density at radius 1 is 1.38 bits per heavy atom. The number of carbonyl (C=O) groups is 1. The van der Waals surface area contributed by atoms with Gasteiger partial charge < -0.3 is 9.47 Å². The molecule has 0 aliphatic carbocycles. The highest BCUT2D eigenvalue weighted by Crippen LogP contribution is 2.29. The van der Waals surface area contributed by atoms with Gasteiger partial charge in [0.15, 0.2) is 0 Å². The number of methoxy groups -OCH3 is 1. The molecule has 1 rings (SSSR count). The highest BCUT2D eigenvalue weighted by Gasteiger charge is 2.31. The largest absolute Gasteiger partial charge is 0.466 e. The van der Waals surface area contributed by atoms with Gasteiger partial charge >= 0.3 is 5.97 Å². The molecule has 118 valence electrons. The first kappa shape index (κ1) is 17.7. The third-order valence-electron chi connectivity index (χ3n) is 3.78. The lowest BCUT2D eigenvalue weighted by atomic mass is 9.98. The van der Waals surface area contributed by atoms with Gasteiger partial charge in [-0.1, -0.05) is 51.8 Å². The van der Waals surface area contributed by atoms with Crippen LogP contribution in [-0.4, -0.2) is 25.8 Å². The topological polar surface area (TPSA) is 35.5 Å². The number of allylic oxidation sites excluding steroid dienone is 2. The van der Waals surface area contributed by atoms with E-state index in [1.165, 1.54) is 32.8 Å². The van der Waals surface area contributed by atoms with Crippen LogP contribution in [0.2, 0.25) is 0 Å². The van der Waals surface area contributed by atoms with E-state index in [1.54, 1.807) is 0 Å². The van der Waals surface area contributed by atoms with E-state index in [1.807, 2.05) is 13.0 Å². The van der Waals surface area contributed by atoms with E-state index in [0.717, 1.165) is 24.0 Å². The van der Waals surface area contributed by atoms with Crippen molar-refractivity contribution >= 4 is 5.97 Å². The zero-order valence-electron chi connectivity index (χ0n) is 13.6. The summed E-state index contributed by atoms with van der Waals surface area (Å²) in [5, 5.41) is 0. The van der Waals surface area contributed by atoms with Crippen LogP contribution in [0.4, 0.5) is 0 Å². The van der Waals surface area contributed by atoms with Crippen molar-refractivity contribution < 1.29 is 14.3 Å². The van der Waals surface area contributed by atoms with Gasteiger partial charge in [-0.2, -0.15) is 0 Å². The maximum atomic E-state index is 11.9. The van der Waals surface area contributed by atoms with Crippen LogP contribution in [0.5, 0.6) is 0 Å². The summed E-state index contributed by atoms with van der Waals surface area (Å²) >= 11 is 0. The molecule has 1 heterocycles. The maximum absolute atomic E-state index is 11.9. The van der Waals surface area contributed by atoms with Gasteiger partial charge in [0.25, 0.3) is 0 Å². The predicted molar refractivity (Wildman–Crippen MR) is 86.1 cm³/mol. The summed E-state index contributed by atoms with van der Waals surface area (Å²) in [6.07, 6.45) is 10.8. The summed E-state index contributed by atoms with van der Waals surface area (Å²) in [5.74, 6) is -0.299. The summed E-state index contributed by atoms with van der Waals surface area (Å²) in [4.78, 5) is 11.9. The third-order valence-corrected chi connectivity index (χ3v) is 3.78. The number of carbonyl (C=O) groups excluding carboxylic acids is 1. The Hall–Kier alpha value is -1.35. The van der Waals surface area contributed by atoms with Crippen LogP contribution in [-0.2, 0) is 14.3 Å². The van der Waals surface area contributed by atoms with E-state index >= 15 is 0 Å². The van der Waals surface area contributed by atoms with Gasteiger partial charge in [0.1, 0.15) is 0 Å². The van der Waals surface area contributed by atoms with E-state index in [2.05, 4.69) is 19.6 Å². The van der Waals surface area contributed by atoms with Crippen LogP contribution in [0.25, 0.3) is 0 Å². The molecule has 3 heteroatoms. The molecule has 0 amide bonds. The number of esters is 1. The van der Waals surface area contributed by atoms with Crippen molar-refractivity contribution in [2.45, 2.75) is 58.5 Å². The van der Waals surface area contributed by atoms with E-state index in [9.17, 15) is 4.79 Å². The fraction of sp³-hybridized carbons (Fsp3) is 0.611. The van der Waals surface area contributed by atoms with Crippen molar-refractivity contribution in [1.29, 1.82) is 0 Å². The molecule has 3 nitrogen and oxygen atoms in total. The van der Waals surface area contributed by atoms with Crippen LogP contribution < -0.4 is 0 Å². The van der Waals surface area contributed by atoms with Crippen LogP contribution in [0, 0.1) is 0 Å². The molecule has 0 aromatic carbocycles. The molecule has 0 aromatic rings. The van der Waals surface area contributed by atoms with E-state index < -0.39 is 0 Å². The van der Waals surface area contributed by atoms with Crippen molar-refractivity contribution in [2.75, 3.05) is 13.7 Å². The molecule has 1 aliphatic heterocycles. The molecule has 0 bridgehead atoms. The van der Waals surface area contributed by atoms with E-state index in [0.29, 0.717) is 12.2 Å². The Balaban J connectivity index is 2.65. The van der Waals surface area contributed by atoms with Crippen molar-refractivity contribution in [2.24, 2.45) is 0 Å². The third kappa shape index (κ3) is 5.16. The van der Waals surface area contributed by atoms with Crippen molar-refractivity contribution in [3.05, 3.63) is 35.5 Å². The number of hydrogen-bond acceptors (Lipinski definition) is 3. The highest BCUT2D eigenvalue weighted by molar-refractivity contribution is 5.92. The number of rotatable bonds is 9. The summed E-state index contributed by atoms with van der Waals surface area (Å²) in [7, 11) is 1.41. The van der Waals surface area contributed by atoms with Gasteiger partial charge in [0, 0.05) is 0 Å². The average molecular weight is 292 g/mol. The average Bonchev–Trinajstić information content (AvgIpc) is 2.93. The maximum Gasteiger partial charge on any atom is 0.336 e. The summed E-state index contributed by atoms with van der Waals surface area (Å²) in [6, 6.07) is 0. The molecular weight excluding hydrogens is 264 g/mol. The van der Waals surface area contributed by atoms with Crippen molar-refractivity contribution in [3.63, 3.8) is 0 Å². The summed E-state index contributed by atoms with van der Waals surface area (Å²) < 4.78 is 10.5. The first-order valence-electron chi connectivity index (χ1n) is 7.94. The molecule has 0 aromatic heterocycles. The van der Waals surface area contributed by atoms with E-state index in [-0.39, 0.29) is 12.1 Å². The van der Waals surface area contributed by atoms with Crippen LogP contribution in [0.15, 0.2) is 35.5 Å². The Kier molecular flexibility index (Phi) is 8.06. The molecule has 1 atom stereocenters. The molecule has 0 saturated carbocycles. The quantitative estimate of drug-likeness (QED) is 0.360. The molecule has 1 aliphatic rings. The lowest BCUT2D eigenvalue weighted by Crippen LogP contribution is -2.17. The minimum absolute atomic E-state index is 0.165. The molecule has 0 fully saturated rings. The fourth-order valence-corrected chi connectivity index (χ4v) is 2.51. The lowest BCUT2D eigenvalue weighted by molar-refractivity contribution is -0.137. The molecule has 21 heavy (non-hydrogen) atoms. The predicted octanol–water partition coefficient (Wildman–Crippen LogP) is 4.35. The number of hydrogen-bond donors (Lipinski definition) is 0. The Labute approximate surface area is 128 Å². The first-order valence-corrected chi connectivity index (χ1v) is 7.94. The minimum atomic E-state index is -0.299. The number of ether oxygens (including phenoxy) is 2. The lowest BCUT2D eigenvalue weighted by Gasteiger charge is -2.10. The Morgan fingerprint density at radius 2 is 2.14 bits per heavy atom. The van der Waals surface area contributed by atoms with Gasteiger partial charge in [0.05, 0.1) is 25.4 Å². The summed E-state index contributed by atoms with van der Waals surface area (Å²) in [6.45, 7) is 8.73. The first-order chi connectivity index (χ1) is 10.2. The molecule has 0 radical (unpaired) electrons. The zero-order chi connectivity index (χ0) is 15.7. The van der Waals surface area contributed by atoms with Crippen molar-refractivity contribution in [1.82, 2.24) is 0 Å². The Morgan fingerprint density at radius 3 is 2.76 bits per heavy atom.